The molecule has 11 heavy (non-hydrogen) atoms. The average molecular weight is 269 g/mol. The van der Waals surface area contributed by atoms with E-state index < -0.39 is 0 Å². The molecule has 1 atom stereocenters. The molecule has 0 rings (SSSR count). The minimum absolute atomic E-state index is 0.154. The maximum atomic E-state index is 11.0. The molecular formula is C8H16INO. The van der Waals surface area contributed by atoms with Crippen LogP contribution >= 0.6 is 22.9 Å². The zero-order valence-electron chi connectivity index (χ0n) is 7.19. The average Bonchev–Trinajstić information content (AvgIpc) is 2.03. The first-order chi connectivity index (χ1) is 5.22. The van der Waals surface area contributed by atoms with Crippen molar-refractivity contribution in [1.82, 2.24) is 3.53 Å². The van der Waals surface area contributed by atoms with Crippen LogP contribution in [-0.4, -0.2) is 5.91 Å². The van der Waals surface area contributed by atoms with Crippen LogP contribution in [0.25, 0.3) is 0 Å². The Kier molecular flexibility index (Phi) is 7.01. The van der Waals surface area contributed by atoms with Crippen LogP contribution in [0, 0.1) is 5.92 Å². The fourth-order valence-corrected chi connectivity index (χ4v) is 1.46. The van der Waals surface area contributed by atoms with Gasteiger partial charge in [-0.25, -0.2) is 0 Å². The molecule has 1 amide bonds. The van der Waals surface area contributed by atoms with Gasteiger partial charge in [-0.3, -0.25) is 8.32 Å². The van der Waals surface area contributed by atoms with E-state index in [1.807, 2.05) is 29.8 Å². The van der Waals surface area contributed by atoms with E-state index in [9.17, 15) is 4.79 Å². The van der Waals surface area contributed by atoms with Crippen LogP contribution in [0.3, 0.4) is 0 Å². The van der Waals surface area contributed by atoms with Gasteiger partial charge in [-0.2, -0.15) is 0 Å². The van der Waals surface area contributed by atoms with Crippen molar-refractivity contribution in [1.29, 1.82) is 0 Å². The van der Waals surface area contributed by atoms with Gasteiger partial charge in [0.15, 0.2) is 0 Å². The van der Waals surface area contributed by atoms with Crippen molar-refractivity contribution in [3.05, 3.63) is 0 Å². The van der Waals surface area contributed by atoms with E-state index in [1.54, 1.807) is 0 Å². The lowest BCUT2D eigenvalue weighted by atomic mass is 10.0. The second-order valence-corrected chi connectivity index (χ2v) is 3.39. The van der Waals surface area contributed by atoms with Gasteiger partial charge in [-0.05, 0) is 6.42 Å². The molecule has 1 N–H and O–H groups in total. The molecular weight excluding hydrogens is 253 g/mol. The summed E-state index contributed by atoms with van der Waals surface area (Å²) in [5, 5.41) is 0. The molecule has 0 aliphatic carbocycles. The lowest BCUT2D eigenvalue weighted by Crippen LogP contribution is -2.20. The minimum Gasteiger partial charge on any atom is -0.299 e. The van der Waals surface area contributed by atoms with E-state index in [0.29, 0.717) is 0 Å². The highest BCUT2D eigenvalue weighted by atomic mass is 127. The van der Waals surface area contributed by atoms with Gasteiger partial charge in [-0.15, -0.1) is 0 Å². The number of carbonyl (C=O) groups is 1. The monoisotopic (exact) mass is 269 g/mol. The van der Waals surface area contributed by atoms with E-state index in [-0.39, 0.29) is 11.8 Å². The van der Waals surface area contributed by atoms with Crippen LogP contribution in [0.1, 0.15) is 39.5 Å². The zero-order chi connectivity index (χ0) is 8.69. The summed E-state index contributed by atoms with van der Waals surface area (Å²) in [5.74, 6) is 0.333. The molecule has 0 aromatic carbocycles. The lowest BCUT2D eigenvalue weighted by Gasteiger charge is -2.07. The predicted molar refractivity (Wildman–Crippen MR) is 55.5 cm³/mol. The summed E-state index contributed by atoms with van der Waals surface area (Å²) in [7, 11) is 0. The number of nitrogens with one attached hydrogen (secondary N) is 1. The molecule has 0 radical (unpaired) electrons. The van der Waals surface area contributed by atoms with E-state index in [1.165, 1.54) is 19.3 Å². The first-order valence-electron chi connectivity index (χ1n) is 4.12. The third-order valence-corrected chi connectivity index (χ3v) is 2.31. The zero-order valence-corrected chi connectivity index (χ0v) is 9.35. The van der Waals surface area contributed by atoms with E-state index >= 15 is 0 Å². The summed E-state index contributed by atoms with van der Waals surface area (Å²) in [6, 6.07) is 0. The Bertz CT molecular complexity index is 117. The molecule has 66 valence electrons. The number of unbranched alkanes of at least 4 members (excludes halogenated alkanes) is 2. The summed E-state index contributed by atoms with van der Waals surface area (Å²) in [6.07, 6.45) is 4.64. The van der Waals surface area contributed by atoms with Crippen molar-refractivity contribution in [3.63, 3.8) is 0 Å². The van der Waals surface area contributed by atoms with Gasteiger partial charge in [0.1, 0.15) is 0 Å². The summed E-state index contributed by atoms with van der Waals surface area (Å²) in [4.78, 5) is 11.0. The molecule has 0 aliphatic heterocycles. The number of hydrogen-bond donors (Lipinski definition) is 1. The fraction of sp³-hybridized carbons (Fsp3) is 0.875. The maximum Gasteiger partial charge on any atom is 0.231 e. The number of rotatable bonds is 5. The molecule has 0 aromatic rings. The molecule has 0 saturated carbocycles. The van der Waals surface area contributed by atoms with Crippen molar-refractivity contribution < 1.29 is 4.79 Å². The van der Waals surface area contributed by atoms with E-state index in [2.05, 4.69) is 10.5 Å². The van der Waals surface area contributed by atoms with Gasteiger partial charge in [0.25, 0.3) is 0 Å². The van der Waals surface area contributed by atoms with Gasteiger partial charge in [0.2, 0.25) is 5.91 Å². The van der Waals surface area contributed by atoms with Crippen LogP contribution in [-0.2, 0) is 4.79 Å². The first kappa shape index (κ1) is 11.2. The highest BCUT2D eigenvalue weighted by Gasteiger charge is 2.09. The lowest BCUT2D eigenvalue weighted by molar-refractivity contribution is -0.122. The van der Waals surface area contributed by atoms with Crippen molar-refractivity contribution in [2.24, 2.45) is 5.92 Å². The number of halogens is 1. The van der Waals surface area contributed by atoms with E-state index in [0.717, 1.165) is 6.42 Å². The molecule has 0 aliphatic rings. The Balaban J connectivity index is 3.36. The van der Waals surface area contributed by atoms with Crippen molar-refractivity contribution >= 4 is 28.8 Å². The van der Waals surface area contributed by atoms with Gasteiger partial charge >= 0.3 is 0 Å². The Morgan fingerprint density at radius 2 is 2.18 bits per heavy atom. The van der Waals surface area contributed by atoms with Crippen LogP contribution < -0.4 is 3.53 Å². The standard InChI is InChI=1S/C8H16INO/c1-3-4-5-6-7(2)8(11)10-9/h7H,3-6H2,1-2H3,(H,10,11). The Morgan fingerprint density at radius 3 is 2.64 bits per heavy atom. The van der Waals surface area contributed by atoms with Crippen molar-refractivity contribution in [2.45, 2.75) is 39.5 Å². The van der Waals surface area contributed by atoms with Crippen LogP contribution in [0.2, 0.25) is 0 Å². The molecule has 1 unspecified atom stereocenters. The Morgan fingerprint density at radius 1 is 1.55 bits per heavy atom. The van der Waals surface area contributed by atoms with Crippen molar-refractivity contribution in [3.8, 4) is 0 Å². The van der Waals surface area contributed by atoms with Crippen LogP contribution in [0.5, 0.6) is 0 Å². The molecule has 0 fully saturated rings. The number of carbonyl (C=O) groups excluding carboxylic acids is 1. The molecule has 2 nitrogen and oxygen atoms in total. The number of hydrogen-bond acceptors (Lipinski definition) is 1. The van der Waals surface area contributed by atoms with Crippen molar-refractivity contribution in [2.75, 3.05) is 0 Å². The quantitative estimate of drug-likeness (QED) is 0.464. The normalized spacial score (nSPS) is 12.6. The molecule has 3 heteroatoms. The third kappa shape index (κ3) is 5.47. The van der Waals surface area contributed by atoms with Gasteiger partial charge in [-0.1, -0.05) is 33.1 Å². The molecule has 0 heterocycles. The van der Waals surface area contributed by atoms with Crippen LogP contribution in [0.15, 0.2) is 0 Å². The minimum atomic E-state index is 0.154. The third-order valence-electron chi connectivity index (χ3n) is 1.78. The second-order valence-electron chi connectivity index (χ2n) is 2.86. The highest BCUT2D eigenvalue weighted by molar-refractivity contribution is 14.1. The SMILES string of the molecule is CCCCCC(C)C(=O)NI. The summed E-state index contributed by atoms with van der Waals surface area (Å²) >= 11 is 1.89. The fourth-order valence-electron chi connectivity index (χ4n) is 0.925. The summed E-state index contributed by atoms with van der Waals surface area (Å²) in [5.41, 5.74) is 0. The summed E-state index contributed by atoms with van der Waals surface area (Å²) < 4.78 is 2.62. The Hall–Kier alpha value is 0.200. The predicted octanol–water partition coefficient (Wildman–Crippen LogP) is 2.67. The number of amides is 1. The smallest absolute Gasteiger partial charge is 0.231 e. The Labute approximate surface area is 82.6 Å². The largest absolute Gasteiger partial charge is 0.299 e. The maximum absolute atomic E-state index is 11.0. The first-order valence-corrected chi connectivity index (χ1v) is 5.20. The van der Waals surface area contributed by atoms with Gasteiger partial charge in [0.05, 0.1) is 22.9 Å². The topological polar surface area (TPSA) is 29.1 Å². The van der Waals surface area contributed by atoms with Crippen LogP contribution in [0.4, 0.5) is 0 Å². The highest BCUT2D eigenvalue weighted by Crippen LogP contribution is 2.09. The summed E-state index contributed by atoms with van der Waals surface area (Å²) in [6.45, 7) is 4.15. The van der Waals surface area contributed by atoms with Gasteiger partial charge in [0, 0.05) is 5.92 Å². The molecule has 0 saturated heterocycles. The molecule has 0 bridgehead atoms. The van der Waals surface area contributed by atoms with Gasteiger partial charge < -0.3 is 0 Å². The molecule has 0 spiro atoms. The second kappa shape index (κ2) is 6.88. The van der Waals surface area contributed by atoms with E-state index in [4.69, 9.17) is 0 Å². The molecule has 0 aromatic heterocycles.